The number of aryl methyl sites for hydroxylation is 3. The van der Waals surface area contributed by atoms with Gasteiger partial charge in [-0.25, -0.2) is 9.97 Å². The molecule has 0 unspecified atom stereocenters. The number of rotatable bonds is 5. The molecule has 4 nitrogen and oxygen atoms in total. The first-order valence-electron chi connectivity index (χ1n) is 7.22. The van der Waals surface area contributed by atoms with E-state index in [1.165, 1.54) is 0 Å². The SMILES string of the molecule is CCc1nc(-c2cccc(C)c2)nc(CC)c1CC(=O)O. The van der Waals surface area contributed by atoms with Gasteiger partial charge in [-0.05, 0) is 25.8 Å². The molecular weight excluding hydrogens is 264 g/mol. The van der Waals surface area contributed by atoms with E-state index in [1.54, 1.807) is 0 Å². The van der Waals surface area contributed by atoms with E-state index in [2.05, 4.69) is 9.97 Å². The minimum Gasteiger partial charge on any atom is -0.481 e. The summed E-state index contributed by atoms with van der Waals surface area (Å²) in [6.07, 6.45) is 1.40. The molecule has 0 saturated heterocycles. The second-order valence-electron chi connectivity index (χ2n) is 5.07. The Morgan fingerprint density at radius 1 is 1.14 bits per heavy atom. The zero-order valence-electron chi connectivity index (χ0n) is 12.7. The van der Waals surface area contributed by atoms with Gasteiger partial charge < -0.3 is 5.11 Å². The van der Waals surface area contributed by atoms with Crippen LogP contribution in [0.1, 0.15) is 36.4 Å². The van der Waals surface area contributed by atoms with Gasteiger partial charge in [0.25, 0.3) is 0 Å². The predicted molar refractivity (Wildman–Crippen MR) is 82.3 cm³/mol. The van der Waals surface area contributed by atoms with Crippen LogP contribution in [0.15, 0.2) is 24.3 Å². The van der Waals surface area contributed by atoms with Crippen molar-refractivity contribution < 1.29 is 9.90 Å². The lowest BCUT2D eigenvalue weighted by molar-refractivity contribution is -0.136. The number of aromatic nitrogens is 2. The molecule has 110 valence electrons. The van der Waals surface area contributed by atoms with Crippen LogP contribution in [0.5, 0.6) is 0 Å². The first-order valence-corrected chi connectivity index (χ1v) is 7.22. The van der Waals surface area contributed by atoms with E-state index in [-0.39, 0.29) is 6.42 Å². The Balaban J connectivity index is 2.57. The standard InChI is InChI=1S/C17H20N2O2/c1-4-14-13(10-16(20)21)15(5-2)19-17(18-14)12-8-6-7-11(3)9-12/h6-9H,4-5,10H2,1-3H3,(H,20,21). The van der Waals surface area contributed by atoms with Crippen molar-refractivity contribution in [3.05, 3.63) is 46.8 Å². The molecule has 0 aliphatic rings. The monoisotopic (exact) mass is 284 g/mol. The fourth-order valence-electron chi connectivity index (χ4n) is 2.44. The van der Waals surface area contributed by atoms with Crippen LogP contribution in [0.3, 0.4) is 0 Å². The highest BCUT2D eigenvalue weighted by Crippen LogP contribution is 2.21. The van der Waals surface area contributed by atoms with Crippen molar-refractivity contribution in [1.29, 1.82) is 0 Å². The van der Waals surface area contributed by atoms with Gasteiger partial charge in [-0.15, -0.1) is 0 Å². The maximum absolute atomic E-state index is 11.0. The Morgan fingerprint density at radius 3 is 2.24 bits per heavy atom. The number of benzene rings is 1. The molecule has 0 amide bonds. The average Bonchev–Trinajstić information content (AvgIpc) is 2.46. The maximum atomic E-state index is 11.0. The van der Waals surface area contributed by atoms with Gasteiger partial charge in [0.05, 0.1) is 6.42 Å². The van der Waals surface area contributed by atoms with E-state index in [9.17, 15) is 4.79 Å². The number of carbonyl (C=O) groups is 1. The normalized spacial score (nSPS) is 10.6. The molecule has 0 fully saturated rings. The molecule has 0 radical (unpaired) electrons. The molecule has 0 bridgehead atoms. The summed E-state index contributed by atoms with van der Waals surface area (Å²) in [4.78, 5) is 20.2. The third-order valence-corrected chi connectivity index (χ3v) is 3.45. The van der Waals surface area contributed by atoms with Crippen LogP contribution < -0.4 is 0 Å². The number of nitrogens with zero attached hydrogens (tertiary/aromatic N) is 2. The van der Waals surface area contributed by atoms with Crippen molar-refractivity contribution in [3.8, 4) is 11.4 Å². The Labute approximate surface area is 124 Å². The largest absolute Gasteiger partial charge is 0.481 e. The zero-order chi connectivity index (χ0) is 15.4. The minimum atomic E-state index is -0.841. The first kappa shape index (κ1) is 15.2. The smallest absolute Gasteiger partial charge is 0.307 e. The van der Waals surface area contributed by atoms with Crippen LogP contribution in [0.25, 0.3) is 11.4 Å². The third kappa shape index (κ3) is 3.45. The third-order valence-electron chi connectivity index (χ3n) is 3.45. The van der Waals surface area contributed by atoms with Crippen LogP contribution in [-0.2, 0) is 24.1 Å². The van der Waals surface area contributed by atoms with Crippen LogP contribution in [-0.4, -0.2) is 21.0 Å². The fourth-order valence-corrected chi connectivity index (χ4v) is 2.44. The first-order chi connectivity index (χ1) is 10.0. The molecule has 1 aromatic heterocycles. The second-order valence-corrected chi connectivity index (χ2v) is 5.07. The average molecular weight is 284 g/mol. The lowest BCUT2D eigenvalue weighted by atomic mass is 10.0. The van der Waals surface area contributed by atoms with Crippen molar-refractivity contribution in [1.82, 2.24) is 9.97 Å². The molecule has 0 saturated carbocycles. The van der Waals surface area contributed by atoms with Crippen LogP contribution in [0, 0.1) is 6.92 Å². The molecule has 0 aliphatic heterocycles. The molecule has 2 rings (SSSR count). The van der Waals surface area contributed by atoms with Gasteiger partial charge in [0.15, 0.2) is 5.82 Å². The summed E-state index contributed by atoms with van der Waals surface area (Å²) in [6, 6.07) is 8.04. The van der Waals surface area contributed by atoms with Crippen molar-refractivity contribution >= 4 is 5.97 Å². The number of hydrogen-bond acceptors (Lipinski definition) is 3. The fraction of sp³-hybridized carbons (Fsp3) is 0.353. The van der Waals surface area contributed by atoms with E-state index < -0.39 is 5.97 Å². The highest BCUT2D eigenvalue weighted by Gasteiger charge is 2.15. The van der Waals surface area contributed by atoms with Crippen LogP contribution in [0.2, 0.25) is 0 Å². The quantitative estimate of drug-likeness (QED) is 0.915. The summed E-state index contributed by atoms with van der Waals surface area (Å²) in [5.41, 5.74) is 4.56. The number of carboxylic acids is 1. The van der Waals surface area contributed by atoms with Gasteiger partial charge in [0.2, 0.25) is 0 Å². The predicted octanol–water partition coefficient (Wildman–Crippen LogP) is 3.20. The van der Waals surface area contributed by atoms with E-state index in [0.29, 0.717) is 18.7 Å². The van der Waals surface area contributed by atoms with Gasteiger partial charge in [-0.3, -0.25) is 4.79 Å². The summed E-state index contributed by atoms with van der Waals surface area (Å²) in [5, 5.41) is 9.07. The molecule has 0 aliphatic carbocycles. The lowest BCUT2D eigenvalue weighted by Crippen LogP contribution is -2.11. The molecule has 4 heteroatoms. The molecule has 0 atom stereocenters. The Bertz CT molecular complexity index is 641. The minimum absolute atomic E-state index is 0.0134. The number of hydrogen-bond donors (Lipinski definition) is 1. The summed E-state index contributed by atoms with van der Waals surface area (Å²) in [7, 11) is 0. The highest BCUT2D eigenvalue weighted by molar-refractivity contribution is 5.71. The lowest BCUT2D eigenvalue weighted by Gasteiger charge is -2.13. The molecule has 0 spiro atoms. The van der Waals surface area contributed by atoms with Gasteiger partial charge in [-0.2, -0.15) is 0 Å². The van der Waals surface area contributed by atoms with Crippen molar-refractivity contribution in [2.24, 2.45) is 0 Å². The second kappa shape index (κ2) is 6.48. The molecule has 1 N–H and O–H groups in total. The molecular formula is C17H20N2O2. The summed E-state index contributed by atoms with van der Waals surface area (Å²) in [5.74, 6) is -0.159. The van der Waals surface area contributed by atoms with Gasteiger partial charge in [0.1, 0.15) is 0 Å². The zero-order valence-corrected chi connectivity index (χ0v) is 12.7. The molecule has 2 aromatic rings. The summed E-state index contributed by atoms with van der Waals surface area (Å²) in [6.45, 7) is 6.02. The van der Waals surface area contributed by atoms with E-state index >= 15 is 0 Å². The summed E-state index contributed by atoms with van der Waals surface area (Å²) < 4.78 is 0. The number of aliphatic carboxylic acids is 1. The van der Waals surface area contributed by atoms with E-state index in [1.807, 2.05) is 45.0 Å². The Hall–Kier alpha value is -2.23. The Kier molecular flexibility index (Phi) is 4.68. The van der Waals surface area contributed by atoms with Gasteiger partial charge in [0, 0.05) is 22.5 Å². The van der Waals surface area contributed by atoms with Gasteiger partial charge >= 0.3 is 5.97 Å². The topological polar surface area (TPSA) is 63.1 Å². The van der Waals surface area contributed by atoms with Crippen molar-refractivity contribution in [3.63, 3.8) is 0 Å². The highest BCUT2D eigenvalue weighted by atomic mass is 16.4. The van der Waals surface area contributed by atoms with Crippen molar-refractivity contribution in [2.75, 3.05) is 0 Å². The Morgan fingerprint density at radius 2 is 1.76 bits per heavy atom. The maximum Gasteiger partial charge on any atom is 0.307 e. The van der Waals surface area contributed by atoms with E-state index in [4.69, 9.17) is 5.11 Å². The molecule has 1 aromatic carbocycles. The van der Waals surface area contributed by atoms with Crippen LogP contribution in [0.4, 0.5) is 0 Å². The van der Waals surface area contributed by atoms with E-state index in [0.717, 1.165) is 28.1 Å². The van der Waals surface area contributed by atoms with Crippen molar-refractivity contribution in [2.45, 2.75) is 40.0 Å². The molecule has 21 heavy (non-hydrogen) atoms. The van der Waals surface area contributed by atoms with Gasteiger partial charge in [-0.1, -0.05) is 37.6 Å². The van der Waals surface area contributed by atoms with Crippen LogP contribution >= 0.6 is 0 Å². The summed E-state index contributed by atoms with van der Waals surface area (Å²) >= 11 is 0. The molecule has 1 heterocycles. The number of carboxylic acid groups (broad SMARTS) is 1.